The molecule has 0 unspecified atom stereocenters. The molecule has 2 aliphatic rings. The van der Waals surface area contributed by atoms with Crippen LogP contribution in [0.5, 0.6) is 0 Å². The zero-order chi connectivity index (χ0) is 15.5. The molecule has 1 saturated heterocycles. The van der Waals surface area contributed by atoms with Gasteiger partial charge < -0.3 is 15.3 Å². The Balaban J connectivity index is 1.73. The fourth-order valence-corrected chi connectivity index (χ4v) is 3.83. The number of sulfonamides is 1. The summed E-state index contributed by atoms with van der Waals surface area (Å²) in [4.78, 5) is 13.9. The zero-order valence-electron chi connectivity index (χ0n) is 12.4. The van der Waals surface area contributed by atoms with E-state index in [0.29, 0.717) is 25.9 Å². The summed E-state index contributed by atoms with van der Waals surface area (Å²) in [5.41, 5.74) is 0. The highest BCUT2D eigenvalue weighted by Crippen LogP contribution is 2.19. The van der Waals surface area contributed by atoms with E-state index in [0.717, 1.165) is 31.9 Å². The number of rotatable bonds is 3. The lowest BCUT2D eigenvalue weighted by Crippen LogP contribution is -2.51. The van der Waals surface area contributed by atoms with Crippen molar-refractivity contribution in [3.63, 3.8) is 0 Å². The van der Waals surface area contributed by atoms with Gasteiger partial charge in [-0.25, -0.2) is 17.9 Å². The molecule has 0 spiro atoms. The van der Waals surface area contributed by atoms with E-state index in [1.165, 1.54) is 0 Å². The fraction of sp³-hybridized carbons (Fsp3) is 0.923. The number of carbonyl (C=O) groups excluding carboxylic acids is 1. The lowest BCUT2D eigenvalue weighted by Gasteiger charge is -2.34. The summed E-state index contributed by atoms with van der Waals surface area (Å²) >= 11 is 0. The minimum absolute atomic E-state index is 0.0748. The van der Waals surface area contributed by atoms with E-state index in [4.69, 9.17) is 0 Å². The van der Waals surface area contributed by atoms with Crippen LogP contribution in [0, 0.1) is 0 Å². The lowest BCUT2D eigenvalue weighted by molar-refractivity contribution is 0.114. The summed E-state index contributed by atoms with van der Waals surface area (Å²) in [6, 6.07) is -0.00385. The average Bonchev–Trinajstić information content (AvgIpc) is 2.40. The van der Waals surface area contributed by atoms with Crippen molar-refractivity contribution in [2.24, 2.45) is 0 Å². The molecule has 8 heteroatoms. The Hall–Kier alpha value is -0.860. The maximum Gasteiger partial charge on any atom is 0.317 e. The number of piperidine rings is 1. The molecule has 2 rings (SSSR count). The molecule has 3 N–H and O–H groups in total. The van der Waals surface area contributed by atoms with Crippen molar-refractivity contribution in [1.29, 1.82) is 0 Å². The maximum atomic E-state index is 12.2. The Morgan fingerprint density at radius 1 is 1.05 bits per heavy atom. The van der Waals surface area contributed by atoms with Crippen LogP contribution in [-0.4, -0.2) is 62.0 Å². The SMILES string of the molecule is CS(=O)(=O)NC1CCN(C(=O)NC2CCC(O)CC2)CC1. The predicted molar refractivity (Wildman–Crippen MR) is 79.4 cm³/mol. The van der Waals surface area contributed by atoms with Crippen LogP contribution < -0.4 is 10.0 Å². The lowest BCUT2D eigenvalue weighted by atomic mass is 9.93. The molecule has 0 radical (unpaired) electrons. The molecule has 2 fully saturated rings. The van der Waals surface area contributed by atoms with E-state index in [9.17, 15) is 18.3 Å². The molecule has 1 saturated carbocycles. The van der Waals surface area contributed by atoms with E-state index < -0.39 is 10.0 Å². The second-order valence-electron chi connectivity index (χ2n) is 6.11. The minimum atomic E-state index is -3.18. The third kappa shape index (κ3) is 5.44. The summed E-state index contributed by atoms with van der Waals surface area (Å²) in [5.74, 6) is 0. The number of aliphatic hydroxyl groups is 1. The standard InChI is InChI=1S/C13H25N3O4S/c1-21(19,20)15-11-6-8-16(9-7-11)13(18)14-10-2-4-12(17)5-3-10/h10-12,15,17H,2-9H2,1H3,(H,14,18). The van der Waals surface area contributed by atoms with Gasteiger partial charge in [0.15, 0.2) is 0 Å². The predicted octanol–water partition coefficient (Wildman–Crippen LogP) is 0.0131. The van der Waals surface area contributed by atoms with E-state index in [-0.39, 0.29) is 24.2 Å². The number of nitrogens with zero attached hydrogens (tertiary/aromatic N) is 1. The Morgan fingerprint density at radius 2 is 1.62 bits per heavy atom. The monoisotopic (exact) mass is 319 g/mol. The van der Waals surface area contributed by atoms with Crippen LogP contribution in [0.2, 0.25) is 0 Å². The van der Waals surface area contributed by atoms with Gasteiger partial charge in [-0.2, -0.15) is 0 Å². The number of amides is 2. The summed E-state index contributed by atoms with van der Waals surface area (Å²) in [6.45, 7) is 1.13. The highest BCUT2D eigenvalue weighted by atomic mass is 32.2. The first-order valence-corrected chi connectivity index (χ1v) is 9.43. The van der Waals surface area contributed by atoms with Gasteiger partial charge in [-0.3, -0.25) is 0 Å². The van der Waals surface area contributed by atoms with Crippen LogP contribution in [0.15, 0.2) is 0 Å². The fourth-order valence-electron chi connectivity index (χ4n) is 2.99. The number of hydrogen-bond acceptors (Lipinski definition) is 4. The largest absolute Gasteiger partial charge is 0.393 e. The average molecular weight is 319 g/mol. The summed E-state index contributed by atoms with van der Waals surface area (Å²) in [7, 11) is -3.18. The molecule has 0 aromatic heterocycles. The second-order valence-corrected chi connectivity index (χ2v) is 7.89. The Labute approximate surface area is 126 Å². The van der Waals surface area contributed by atoms with Gasteiger partial charge in [-0.1, -0.05) is 0 Å². The topological polar surface area (TPSA) is 98.7 Å². The first-order chi connectivity index (χ1) is 9.83. The molecule has 1 aliphatic carbocycles. The first kappa shape index (κ1) is 16.5. The van der Waals surface area contributed by atoms with Crippen LogP contribution >= 0.6 is 0 Å². The molecule has 122 valence electrons. The summed E-state index contributed by atoms with van der Waals surface area (Å²) < 4.78 is 24.9. The second kappa shape index (κ2) is 6.93. The van der Waals surface area contributed by atoms with Gasteiger partial charge in [0.2, 0.25) is 10.0 Å². The third-order valence-electron chi connectivity index (χ3n) is 4.19. The van der Waals surface area contributed by atoms with Crippen molar-refractivity contribution >= 4 is 16.1 Å². The van der Waals surface area contributed by atoms with Gasteiger partial charge >= 0.3 is 6.03 Å². The van der Waals surface area contributed by atoms with E-state index in [2.05, 4.69) is 10.0 Å². The number of urea groups is 1. The number of hydrogen-bond donors (Lipinski definition) is 3. The minimum Gasteiger partial charge on any atom is -0.393 e. The van der Waals surface area contributed by atoms with Crippen LogP contribution in [0.4, 0.5) is 4.79 Å². The van der Waals surface area contributed by atoms with Crippen LogP contribution in [0.1, 0.15) is 38.5 Å². The van der Waals surface area contributed by atoms with Crippen molar-refractivity contribution in [3.05, 3.63) is 0 Å². The molecule has 0 aromatic carbocycles. The van der Waals surface area contributed by atoms with Crippen molar-refractivity contribution in [1.82, 2.24) is 14.9 Å². The summed E-state index contributed by atoms with van der Waals surface area (Å²) in [5, 5.41) is 12.5. The van der Waals surface area contributed by atoms with Gasteiger partial charge in [-0.05, 0) is 38.5 Å². The number of carbonyl (C=O) groups is 1. The highest BCUT2D eigenvalue weighted by molar-refractivity contribution is 7.88. The Bertz CT molecular complexity index is 452. The van der Waals surface area contributed by atoms with Gasteiger partial charge in [0.1, 0.15) is 0 Å². The van der Waals surface area contributed by atoms with Gasteiger partial charge in [0.05, 0.1) is 12.4 Å². The quantitative estimate of drug-likeness (QED) is 0.682. The molecule has 1 aliphatic heterocycles. The molecule has 21 heavy (non-hydrogen) atoms. The highest BCUT2D eigenvalue weighted by Gasteiger charge is 2.27. The maximum absolute atomic E-state index is 12.2. The molecular formula is C13H25N3O4S. The third-order valence-corrected chi connectivity index (χ3v) is 4.95. The molecule has 7 nitrogen and oxygen atoms in total. The van der Waals surface area contributed by atoms with Gasteiger partial charge in [0, 0.05) is 25.2 Å². The van der Waals surface area contributed by atoms with Crippen LogP contribution in [0.3, 0.4) is 0 Å². The Kier molecular flexibility index (Phi) is 5.45. The number of aliphatic hydroxyl groups excluding tert-OH is 1. The molecule has 0 aromatic rings. The van der Waals surface area contributed by atoms with Gasteiger partial charge in [0.25, 0.3) is 0 Å². The molecule has 0 bridgehead atoms. The van der Waals surface area contributed by atoms with Crippen molar-refractivity contribution in [2.45, 2.75) is 56.7 Å². The van der Waals surface area contributed by atoms with Crippen molar-refractivity contribution in [2.75, 3.05) is 19.3 Å². The normalized spacial score (nSPS) is 28.4. The van der Waals surface area contributed by atoms with E-state index in [1.807, 2.05) is 0 Å². The number of nitrogens with one attached hydrogen (secondary N) is 2. The van der Waals surface area contributed by atoms with Crippen molar-refractivity contribution < 1.29 is 18.3 Å². The van der Waals surface area contributed by atoms with Gasteiger partial charge in [-0.15, -0.1) is 0 Å². The van der Waals surface area contributed by atoms with Crippen molar-refractivity contribution in [3.8, 4) is 0 Å². The van der Waals surface area contributed by atoms with Crippen LogP contribution in [0.25, 0.3) is 0 Å². The molecule has 2 amide bonds. The number of likely N-dealkylation sites (tertiary alicyclic amines) is 1. The molecule has 1 heterocycles. The molecule has 0 atom stereocenters. The zero-order valence-corrected chi connectivity index (χ0v) is 13.2. The first-order valence-electron chi connectivity index (χ1n) is 7.54. The van der Waals surface area contributed by atoms with E-state index >= 15 is 0 Å². The smallest absolute Gasteiger partial charge is 0.317 e. The van der Waals surface area contributed by atoms with E-state index in [1.54, 1.807) is 4.90 Å². The Morgan fingerprint density at radius 3 is 2.14 bits per heavy atom. The summed E-state index contributed by atoms with van der Waals surface area (Å²) in [6.07, 6.45) is 5.34. The van der Waals surface area contributed by atoms with Crippen LogP contribution in [-0.2, 0) is 10.0 Å². The molecular weight excluding hydrogens is 294 g/mol.